The Labute approximate surface area is 145 Å². The van der Waals surface area contributed by atoms with E-state index in [1.165, 1.54) is 31.5 Å². The zero-order chi connectivity index (χ0) is 18.8. The molecule has 5 nitrogen and oxygen atoms in total. The standard InChI is InChI=1S/C18H12F3N3O2/c1-10(7-19)24-9-23-16-5-2-11(6-12(16)18(24)25)26-17-13(8-22)14(20)3-4-15(17)21/h2-6,9-10H,7H2,1H3/t10-/m0/s1. The van der Waals surface area contributed by atoms with Crippen LogP contribution in [0, 0.1) is 23.0 Å². The van der Waals surface area contributed by atoms with Crippen LogP contribution in [0.5, 0.6) is 11.5 Å². The molecule has 8 heteroatoms. The monoisotopic (exact) mass is 359 g/mol. The molecular weight excluding hydrogens is 347 g/mol. The number of alkyl halides is 1. The SMILES string of the molecule is C[C@@H](CF)n1cnc2ccc(Oc3c(F)ccc(F)c3C#N)cc2c1=O. The summed E-state index contributed by atoms with van der Waals surface area (Å²) in [6.07, 6.45) is 1.25. The van der Waals surface area contributed by atoms with Gasteiger partial charge >= 0.3 is 0 Å². The summed E-state index contributed by atoms with van der Waals surface area (Å²) >= 11 is 0. The molecule has 0 unspecified atom stereocenters. The maximum atomic E-state index is 13.9. The van der Waals surface area contributed by atoms with E-state index < -0.39 is 41.2 Å². The quantitative estimate of drug-likeness (QED) is 0.709. The smallest absolute Gasteiger partial charge is 0.261 e. The molecule has 0 radical (unpaired) electrons. The third kappa shape index (κ3) is 2.99. The molecule has 0 saturated heterocycles. The maximum Gasteiger partial charge on any atom is 0.261 e. The van der Waals surface area contributed by atoms with Gasteiger partial charge in [-0.25, -0.2) is 18.2 Å². The summed E-state index contributed by atoms with van der Waals surface area (Å²) < 4.78 is 46.9. The van der Waals surface area contributed by atoms with E-state index >= 15 is 0 Å². The van der Waals surface area contributed by atoms with Crippen LogP contribution in [0.25, 0.3) is 10.9 Å². The Morgan fingerprint density at radius 3 is 2.69 bits per heavy atom. The van der Waals surface area contributed by atoms with Crippen molar-refractivity contribution >= 4 is 10.9 Å². The van der Waals surface area contributed by atoms with Crippen LogP contribution < -0.4 is 10.3 Å². The van der Waals surface area contributed by atoms with Gasteiger partial charge in [0, 0.05) is 0 Å². The summed E-state index contributed by atoms with van der Waals surface area (Å²) in [6.45, 7) is 0.778. The van der Waals surface area contributed by atoms with Crippen molar-refractivity contribution in [3.63, 3.8) is 0 Å². The molecule has 1 atom stereocenters. The molecule has 26 heavy (non-hydrogen) atoms. The predicted molar refractivity (Wildman–Crippen MR) is 87.8 cm³/mol. The first-order valence-corrected chi connectivity index (χ1v) is 7.59. The molecule has 0 spiro atoms. The lowest BCUT2D eigenvalue weighted by molar-refractivity contribution is 0.370. The molecule has 0 amide bonds. The van der Waals surface area contributed by atoms with Crippen LogP contribution in [0.1, 0.15) is 18.5 Å². The first kappa shape index (κ1) is 17.5. The largest absolute Gasteiger partial charge is 0.453 e. The zero-order valence-electron chi connectivity index (χ0n) is 13.5. The van der Waals surface area contributed by atoms with Crippen LogP contribution in [0.3, 0.4) is 0 Å². The Morgan fingerprint density at radius 2 is 2.00 bits per heavy atom. The third-order valence-electron chi connectivity index (χ3n) is 3.84. The van der Waals surface area contributed by atoms with Crippen molar-refractivity contribution in [3.05, 3.63) is 64.2 Å². The second-order valence-electron chi connectivity index (χ2n) is 5.59. The van der Waals surface area contributed by atoms with Gasteiger partial charge in [0.2, 0.25) is 0 Å². The second kappa shape index (κ2) is 6.88. The fourth-order valence-electron chi connectivity index (χ4n) is 2.42. The van der Waals surface area contributed by atoms with Gasteiger partial charge < -0.3 is 4.74 Å². The Hall–Kier alpha value is -3.34. The van der Waals surface area contributed by atoms with E-state index in [2.05, 4.69) is 4.98 Å². The highest BCUT2D eigenvalue weighted by molar-refractivity contribution is 5.79. The first-order chi connectivity index (χ1) is 12.5. The highest BCUT2D eigenvalue weighted by Gasteiger charge is 2.17. The lowest BCUT2D eigenvalue weighted by atomic mass is 10.2. The van der Waals surface area contributed by atoms with Gasteiger partial charge in [0.1, 0.15) is 29.9 Å². The van der Waals surface area contributed by atoms with Gasteiger partial charge in [0.25, 0.3) is 5.56 Å². The number of halogens is 3. The van der Waals surface area contributed by atoms with E-state index in [9.17, 15) is 18.0 Å². The van der Waals surface area contributed by atoms with Crippen molar-refractivity contribution in [2.45, 2.75) is 13.0 Å². The number of fused-ring (bicyclic) bond motifs is 1. The number of benzene rings is 2. The van der Waals surface area contributed by atoms with E-state index in [-0.39, 0.29) is 11.1 Å². The first-order valence-electron chi connectivity index (χ1n) is 7.59. The molecule has 0 aliphatic rings. The molecule has 0 fully saturated rings. The summed E-state index contributed by atoms with van der Waals surface area (Å²) in [4.78, 5) is 16.6. The molecule has 0 aliphatic carbocycles. The van der Waals surface area contributed by atoms with Crippen LogP contribution in [0.15, 0.2) is 41.5 Å². The molecule has 0 saturated carbocycles. The van der Waals surface area contributed by atoms with Crippen LogP contribution in [-0.4, -0.2) is 16.2 Å². The molecule has 132 valence electrons. The van der Waals surface area contributed by atoms with Crippen molar-refractivity contribution in [1.29, 1.82) is 5.26 Å². The van der Waals surface area contributed by atoms with E-state index in [1.807, 2.05) is 0 Å². The van der Waals surface area contributed by atoms with Crippen molar-refractivity contribution in [3.8, 4) is 17.6 Å². The summed E-state index contributed by atoms with van der Waals surface area (Å²) in [7, 11) is 0. The Kier molecular flexibility index (Phi) is 4.63. The van der Waals surface area contributed by atoms with E-state index in [0.29, 0.717) is 5.52 Å². The minimum absolute atomic E-state index is 0.0167. The van der Waals surface area contributed by atoms with Gasteiger partial charge in [-0.1, -0.05) is 0 Å². The Balaban J connectivity index is 2.11. The maximum absolute atomic E-state index is 13.9. The molecule has 1 aromatic heterocycles. The average Bonchev–Trinajstić information content (AvgIpc) is 2.65. The molecule has 1 heterocycles. The number of aromatic nitrogens is 2. The number of ether oxygens (including phenoxy) is 1. The Bertz CT molecular complexity index is 1090. The molecule has 0 bridgehead atoms. The van der Waals surface area contributed by atoms with E-state index in [0.717, 1.165) is 16.7 Å². The third-order valence-corrected chi connectivity index (χ3v) is 3.84. The summed E-state index contributed by atoms with van der Waals surface area (Å²) in [5, 5.41) is 9.13. The minimum Gasteiger partial charge on any atom is -0.453 e. The lowest BCUT2D eigenvalue weighted by Gasteiger charge is -2.12. The van der Waals surface area contributed by atoms with Gasteiger partial charge in [0.05, 0.1) is 23.3 Å². The van der Waals surface area contributed by atoms with E-state index in [1.54, 1.807) is 6.07 Å². The molecular formula is C18H12F3N3O2. The van der Waals surface area contributed by atoms with Gasteiger partial charge in [-0.15, -0.1) is 0 Å². The predicted octanol–water partition coefficient (Wildman–Crippen LogP) is 3.87. The van der Waals surface area contributed by atoms with Gasteiger partial charge in [0.15, 0.2) is 11.6 Å². The highest BCUT2D eigenvalue weighted by atomic mass is 19.1. The van der Waals surface area contributed by atoms with E-state index in [4.69, 9.17) is 10.00 Å². The average molecular weight is 359 g/mol. The molecule has 3 aromatic rings. The summed E-state index contributed by atoms with van der Waals surface area (Å²) in [5.41, 5.74) is -0.740. The fourth-order valence-corrected chi connectivity index (χ4v) is 2.42. The zero-order valence-corrected chi connectivity index (χ0v) is 13.5. The fraction of sp³-hybridized carbons (Fsp3) is 0.167. The topological polar surface area (TPSA) is 67.9 Å². The van der Waals surface area contributed by atoms with Crippen molar-refractivity contribution in [2.75, 3.05) is 6.67 Å². The number of nitriles is 1. The van der Waals surface area contributed by atoms with Crippen molar-refractivity contribution in [1.82, 2.24) is 9.55 Å². The van der Waals surface area contributed by atoms with Gasteiger partial charge in [-0.3, -0.25) is 9.36 Å². The molecule has 0 aliphatic heterocycles. The molecule has 3 rings (SSSR count). The summed E-state index contributed by atoms with van der Waals surface area (Å²) in [6, 6.07) is 6.66. The van der Waals surface area contributed by atoms with Crippen molar-refractivity contribution in [2.24, 2.45) is 0 Å². The molecule has 2 aromatic carbocycles. The molecule has 0 N–H and O–H groups in total. The van der Waals surface area contributed by atoms with Crippen LogP contribution >= 0.6 is 0 Å². The van der Waals surface area contributed by atoms with Crippen molar-refractivity contribution < 1.29 is 17.9 Å². The number of hydrogen-bond acceptors (Lipinski definition) is 4. The number of hydrogen-bond donors (Lipinski definition) is 0. The van der Waals surface area contributed by atoms with Gasteiger partial charge in [-0.05, 0) is 37.3 Å². The number of nitrogens with zero attached hydrogens (tertiary/aromatic N) is 3. The minimum atomic E-state index is -0.925. The Morgan fingerprint density at radius 1 is 1.27 bits per heavy atom. The number of rotatable bonds is 4. The lowest BCUT2D eigenvalue weighted by Crippen LogP contribution is -2.24. The van der Waals surface area contributed by atoms with Crippen LogP contribution in [0.2, 0.25) is 0 Å². The summed E-state index contributed by atoms with van der Waals surface area (Å²) in [5.74, 6) is -2.40. The highest BCUT2D eigenvalue weighted by Crippen LogP contribution is 2.30. The van der Waals surface area contributed by atoms with Gasteiger partial charge in [-0.2, -0.15) is 5.26 Å². The van der Waals surface area contributed by atoms with Crippen LogP contribution in [0.4, 0.5) is 13.2 Å². The second-order valence-corrected chi connectivity index (χ2v) is 5.59. The van der Waals surface area contributed by atoms with Crippen LogP contribution in [-0.2, 0) is 0 Å². The normalized spacial score (nSPS) is 12.0.